The molecule has 0 bridgehead atoms. The van der Waals surface area contributed by atoms with E-state index in [0.29, 0.717) is 10.6 Å². The van der Waals surface area contributed by atoms with Gasteiger partial charge in [0, 0.05) is 19.3 Å². The first-order valence-electron chi connectivity index (χ1n) is 5.24. The summed E-state index contributed by atoms with van der Waals surface area (Å²) in [5.41, 5.74) is 0.502. The zero-order valence-corrected chi connectivity index (χ0v) is 10.5. The molecule has 94 valence electrons. The second-order valence-corrected chi connectivity index (χ2v) is 4.09. The number of hydrogen-bond donors (Lipinski definition) is 2. The van der Waals surface area contributed by atoms with Crippen LogP contribution in [0.4, 0.5) is 0 Å². The summed E-state index contributed by atoms with van der Waals surface area (Å²) in [6.45, 7) is 0.172. The highest BCUT2D eigenvalue weighted by Gasteiger charge is 2.18. The Morgan fingerprint density at radius 2 is 2.06 bits per heavy atom. The molecule has 0 aromatic carbocycles. The number of aliphatic hydroxyl groups excluding tert-OH is 2. The van der Waals surface area contributed by atoms with Gasteiger partial charge in [0.2, 0.25) is 0 Å². The van der Waals surface area contributed by atoms with E-state index in [1.54, 1.807) is 18.3 Å². The molecular formula is C11H16N2O3S. The van der Waals surface area contributed by atoms with Crippen molar-refractivity contribution >= 4 is 17.7 Å². The number of carbonyl (C=O) groups is 1. The van der Waals surface area contributed by atoms with Crippen molar-refractivity contribution in [1.29, 1.82) is 0 Å². The summed E-state index contributed by atoms with van der Waals surface area (Å²) in [5, 5.41) is 18.4. The largest absolute Gasteiger partial charge is 0.395 e. The van der Waals surface area contributed by atoms with E-state index in [2.05, 4.69) is 4.98 Å². The minimum Gasteiger partial charge on any atom is -0.395 e. The fraction of sp³-hybridized carbons (Fsp3) is 0.455. The molecule has 1 rings (SSSR count). The molecule has 1 heterocycles. The van der Waals surface area contributed by atoms with Gasteiger partial charge in [-0.25, -0.2) is 4.98 Å². The number of thioether (sulfide) groups is 1. The Morgan fingerprint density at radius 1 is 1.41 bits per heavy atom. The highest BCUT2D eigenvalue weighted by atomic mass is 32.2. The van der Waals surface area contributed by atoms with Gasteiger partial charge in [-0.3, -0.25) is 4.79 Å². The summed E-state index contributed by atoms with van der Waals surface area (Å²) >= 11 is 1.39. The lowest BCUT2D eigenvalue weighted by molar-refractivity contribution is 0.0680. The standard InChI is InChI=1S/C11H16N2O3S/c1-17-10-9(3-2-4-12-10)11(16)13(5-7-14)6-8-15/h2-4,14-15H,5-8H2,1H3. The number of pyridine rings is 1. The van der Waals surface area contributed by atoms with Gasteiger partial charge >= 0.3 is 0 Å². The summed E-state index contributed by atoms with van der Waals surface area (Å²) in [6.07, 6.45) is 3.48. The molecule has 0 saturated carbocycles. The maximum atomic E-state index is 12.2. The first-order valence-corrected chi connectivity index (χ1v) is 6.47. The fourth-order valence-corrected chi connectivity index (χ4v) is 1.98. The molecule has 0 aliphatic heterocycles. The van der Waals surface area contributed by atoms with E-state index < -0.39 is 0 Å². The van der Waals surface area contributed by atoms with Crippen LogP contribution in [0.2, 0.25) is 0 Å². The third-order valence-corrected chi connectivity index (χ3v) is 2.93. The van der Waals surface area contributed by atoms with Crippen LogP contribution < -0.4 is 0 Å². The van der Waals surface area contributed by atoms with Gasteiger partial charge < -0.3 is 15.1 Å². The number of hydrogen-bond acceptors (Lipinski definition) is 5. The molecule has 0 aliphatic carbocycles. The lowest BCUT2D eigenvalue weighted by Crippen LogP contribution is -2.36. The summed E-state index contributed by atoms with van der Waals surface area (Å²) < 4.78 is 0. The molecule has 0 atom stereocenters. The predicted molar refractivity (Wildman–Crippen MR) is 66.1 cm³/mol. The number of aromatic nitrogens is 1. The summed E-state index contributed by atoms with van der Waals surface area (Å²) in [4.78, 5) is 17.7. The average molecular weight is 256 g/mol. The van der Waals surface area contributed by atoms with Crippen LogP contribution in [-0.4, -0.2) is 58.6 Å². The molecule has 0 fully saturated rings. The van der Waals surface area contributed by atoms with E-state index in [0.717, 1.165) is 0 Å². The maximum Gasteiger partial charge on any atom is 0.256 e. The normalized spacial score (nSPS) is 10.3. The Kier molecular flexibility index (Phi) is 5.96. The highest BCUT2D eigenvalue weighted by Crippen LogP contribution is 2.18. The van der Waals surface area contributed by atoms with Crippen LogP contribution in [-0.2, 0) is 0 Å². The lowest BCUT2D eigenvalue weighted by atomic mass is 10.2. The molecular weight excluding hydrogens is 240 g/mol. The van der Waals surface area contributed by atoms with Crippen molar-refractivity contribution in [2.45, 2.75) is 5.03 Å². The SMILES string of the molecule is CSc1ncccc1C(=O)N(CCO)CCO. The molecule has 0 saturated heterocycles. The maximum absolute atomic E-state index is 12.2. The van der Waals surface area contributed by atoms with Crippen LogP contribution in [0.1, 0.15) is 10.4 Å². The molecule has 1 aromatic rings. The Balaban J connectivity index is 2.92. The number of amides is 1. The third-order valence-electron chi connectivity index (χ3n) is 2.22. The van der Waals surface area contributed by atoms with E-state index in [-0.39, 0.29) is 32.2 Å². The van der Waals surface area contributed by atoms with Gasteiger partial charge in [0.15, 0.2) is 0 Å². The molecule has 5 nitrogen and oxygen atoms in total. The van der Waals surface area contributed by atoms with Gasteiger partial charge in [-0.2, -0.15) is 0 Å². The first kappa shape index (κ1) is 14.0. The summed E-state index contributed by atoms with van der Waals surface area (Å²) in [7, 11) is 0. The van der Waals surface area contributed by atoms with Gasteiger partial charge in [-0.05, 0) is 18.4 Å². The van der Waals surface area contributed by atoms with E-state index in [1.807, 2.05) is 6.26 Å². The second kappa shape index (κ2) is 7.26. The Morgan fingerprint density at radius 3 is 2.59 bits per heavy atom. The van der Waals surface area contributed by atoms with Gasteiger partial charge in [-0.15, -0.1) is 11.8 Å². The third kappa shape index (κ3) is 3.69. The Labute approximate surface area is 104 Å². The van der Waals surface area contributed by atoms with Crippen LogP contribution >= 0.6 is 11.8 Å². The van der Waals surface area contributed by atoms with Crippen molar-refractivity contribution in [3.05, 3.63) is 23.9 Å². The van der Waals surface area contributed by atoms with Gasteiger partial charge in [0.05, 0.1) is 18.8 Å². The summed E-state index contributed by atoms with van der Waals surface area (Å²) in [6, 6.07) is 3.39. The molecule has 0 unspecified atom stereocenters. The zero-order chi connectivity index (χ0) is 12.7. The topological polar surface area (TPSA) is 73.7 Å². The number of nitrogens with zero attached hydrogens (tertiary/aromatic N) is 2. The molecule has 6 heteroatoms. The van der Waals surface area contributed by atoms with E-state index >= 15 is 0 Å². The van der Waals surface area contributed by atoms with Crippen molar-refractivity contribution in [2.24, 2.45) is 0 Å². The van der Waals surface area contributed by atoms with Crippen molar-refractivity contribution in [1.82, 2.24) is 9.88 Å². The second-order valence-electron chi connectivity index (χ2n) is 3.30. The smallest absolute Gasteiger partial charge is 0.256 e. The van der Waals surface area contributed by atoms with Crippen LogP contribution in [0.3, 0.4) is 0 Å². The molecule has 0 spiro atoms. The number of aliphatic hydroxyl groups is 2. The van der Waals surface area contributed by atoms with Gasteiger partial charge in [-0.1, -0.05) is 0 Å². The van der Waals surface area contributed by atoms with E-state index in [9.17, 15) is 4.79 Å². The van der Waals surface area contributed by atoms with Crippen molar-refractivity contribution in [3.8, 4) is 0 Å². The quantitative estimate of drug-likeness (QED) is 0.713. The minimum absolute atomic E-state index is 0.124. The van der Waals surface area contributed by atoms with E-state index in [1.165, 1.54) is 16.7 Å². The molecule has 0 radical (unpaired) electrons. The van der Waals surface area contributed by atoms with Crippen LogP contribution in [0.25, 0.3) is 0 Å². The zero-order valence-electron chi connectivity index (χ0n) is 9.67. The predicted octanol–water partition coefficient (Wildman–Crippen LogP) is 0.230. The van der Waals surface area contributed by atoms with Crippen LogP contribution in [0.5, 0.6) is 0 Å². The summed E-state index contributed by atoms with van der Waals surface area (Å²) in [5.74, 6) is -0.217. The van der Waals surface area contributed by atoms with Crippen molar-refractivity contribution in [3.63, 3.8) is 0 Å². The van der Waals surface area contributed by atoms with Crippen LogP contribution in [0.15, 0.2) is 23.4 Å². The van der Waals surface area contributed by atoms with Crippen LogP contribution in [0, 0.1) is 0 Å². The Bertz CT molecular complexity index is 367. The minimum atomic E-state index is -0.217. The molecule has 1 aromatic heterocycles. The van der Waals surface area contributed by atoms with Crippen molar-refractivity contribution in [2.75, 3.05) is 32.6 Å². The van der Waals surface area contributed by atoms with Gasteiger partial charge in [0.1, 0.15) is 5.03 Å². The monoisotopic (exact) mass is 256 g/mol. The molecule has 0 aliphatic rings. The van der Waals surface area contributed by atoms with Crippen molar-refractivity contribution < 1.29 is 15.0 Å². The fourth-order valence-electron chi connectivity index (χ4n) is 1.44. The highest BCUT2D eigenvalue weighted by molar-refractivity contribution is 7.98. The number of carbonyl (C=O) groups excluding carboxylic acids is 1. The molecule has 2 N–H and O–H groups in total. The Hall–Kier alpha value is -1.11. The number of rotatable bonds is 6. The average Bonchev–Trinajstić information content (AvgIpc) is 2.37. The lowest BCUT2D eigenvalue weighted by Gasteiger charge is -2.21. The van der Waals surface area contributed by atoms with Gasteiger partial charge in [0.25, 0.3) is 5.91 Å². The molecule has 17 heavy (non-hydrogen) atoms. The first-order chi connectivity index (χ1) is 8.24. The molecule has 1 amide bonds. The van der Waals surface area contributed by atoms with E-state index in [4.69, 9.17) is 10.2 Å².